The third kappa shape index (κ3) is 4.10. The predicted octanol–water partition coefficient (Wildman–Crippen LogP) is 5.34. The fraction of sp³-hybridized carbons (Fsp3) is 0.192. The van der Waals surface area contributed by atoms with Gasteiger partial charge in [0.1, 0.15) is 0 Å². The van der Waals surface area contributed by atoms with Crippen LogP contribution in [0.2, 0.25) is 5.02 Å². The third-order valence-corrected chi connectivity index (χ3v) is 6.53. The number of aryl methyl sites for hydroxylation is 1. The Hall–Kier alpha value is -3.64. The SMILES string of the molecule is Cc1ccc(NC(=O)N2CCN(C(=O)c3cc4ccccc4c4cccnc34)CC2)cc1Cl. The average molecular weight is 459 g/mol. The van der Waals surface area contributed by atoms with E-state index >= 15 is 0 Å². The normalized spacial score (nSPS) is 14.0. The molecule has 6 nitrogen and oxygen atoms in total. The van der Waals surface area contributed by atoms with Gasteiger partial charge in [-0.2, -0.15) is 0 Å². The summed E-state index contributed by atoms with van der Waals surface area (Å²) in [6, 6.07) is 19.1. The lowest BCUT2D eigenvalue weighted by Crippen LogP contribution is -2.51. The number of pyridine rings is 1. The number of halogens is 1. The van der Waals surface area contributed by atoms with Crippen molar-refractivity contribution in [2.24, 2.45) is 0 Å². The lowest BCUT2D eigenvalue weighted by atomic mass is 10.00. The zero-order chi connectivity index (χ0) is 22.9. The maximum atomic E-state index is 13.4. The van der Waals surface area contributed by atoms with E-state index in [9.17, 15) is 9.59 Å². The molecule has 1 aromatic heterocycles. The van der Waals surface area contributed by atoms with E-state index in [4.69, 9.17) is 11.6 Å². The molecule has 0 bridgehead atoms. The predicted molar refractivity (Wildman–Crippen MR) is 132 cm³/mol. The average Bonchev–Trinajstić information content (AvgIpc) is 2.85. The third-order valence-electron chi connectivity index (χ3n) is 6.12. The van der Waals surface area contributed by atoms with Crippen LogP contribution in [-0.4, -0.2) is 52.9 Å². The molecule has 5 rings (SSSR count). The maximum absolute atomic E-state index is 13.4. The Labute approximate surface area is 196 Å². The second kappa shape index (κ2) is 8.71. The quantitative estimate of drug-likeness (QED) is 0.412. The largest absolute Gasteiger partial charge is 0.335 e. The van der Waals surface area contributed by atoms with Gasteiger partial charge in [0.05, 0.1) is 11.1 Å². The van der Waals surface area contributed by atoms with Crippen molar-refractivity contribution in [3.05, 3.63) is 83.0 Å². The zero-order valence-electron chi connectivity index (χ0n) is 18.2. The van der Waals surface area contributed by atoms with Gasteiger partial charge in [-0.15, -0.1) is 0 Å². The number of hydrogen-bond acceptors (Lipinski definition) is 3. The van der Waals surface area contributed by atoms with Crippen molar-refractivity contribution in [2.75, 3.05) is 31.5 Å². The number of carbonyl (C=O) groups is 2. The molecule has 0 unspecified atom stereocenters. The van der Waals surface area contributed by atoms with Crippen LogP contribution in [0.25, 0.3) is 21.7 Å². The fourth-order valence-electron chi connectivity index (χ4n) is 4.25. The molecule has 1 N–H and O–H groups in total. The first kappa shape index (κ1) is 21.2. The van der Waals surface area contributed by atoms with Gasteiger partial charge in [0.25, 0.3) is 5.91 Å². The van der Waals surface area contributed by atoms with Crippen molar-refractivity contribution < 1.29 is 9.59 Å². The van der Waals surface area contributed by atoms with Crippen molar-refractivity contribution in [1.29, 1.82) is 0 Å². The Balaban J connectivity index is 1.32. The summed E-state index contributed by atoms with van der Waals surface area (Å²) in [6.45, 7) is 3.74. The van der Waals surface area contributed by atoms with E-state index < -0.39 is 0 Å². The monoisotopic (exact) mass is 458 g/mol. The van der Waals surface area contributed by atoms with Crippen LogP contribution in [0.15, 0.2) is 66.9 Å². The van der Waals surface area contributed by atoms with Crippen LogP contribution in [-0.2, 0) is 0 Å². The van der Waals surface area contributed by atoms with Gasteiger partial charge < -0.3 is 15.1 Å². The highest BCUT2D eigenvalue weighted by molar-refractivity contribution is 6.31. The van der Waals surface area contributed by atoms with Gasteiger partial charge in [0.15, 0.2) is 0 Å². The molecule has 4 aromatic rings. The second-order valence-corrected chi connectivity index (χ2v) is 8.63. The molecule has 33 heavy (non-hydrogen) atoms. The van der Waals surface area contributed by atoms with Gasteiger partial charge in [-0.1, -0.05) is 48.0 Å². The molecular formula is C26H23ClN4O2. The van der Waals surface area contributed by atoms with Crippen LogP contribution >= 0.6 is 11.6 Å². The molecule has 2 heterocycles. The smallest absolute Gasteiger partial charge is 0.321 e. The van der Waals surface area contributed by atoms with E-state index in [2.05, 4.69) is 10.3 Å². The van der Waals surface area contributed by atoms with Crippen molar-refractivity contribution in [2.45, 2.75) is 6.92 Å². The van der Waals surface area contributed by atoms with Crippen LogP contribution in [0.1, 0.15) is 15.9 Å². The van der Waals surface area contributed by atoms with E-state index in [0.717, 1.165) is 21.7 Å². The first-order valence-corrected chi connectivity index (χ1v) is 11.3. The number of nitrogens with zero attached hydrogens (tertiary/aromatic N) is 3. The van der Waals surface area contributed by atoms with E-state index in [-0.39, 0.29) is 11.9 Å². The van der Waals surface area contributed by atoms with E-state index in [1.165, 1.54) is 0 Å². The molecule has 0 saturated carbocycles. The highest BCUT2D eigenvalue weighted by Gasteiger charge is 2.26. The minimum atomic E-state index is -0.195. The van der Waals surface area contributed by atoms with Crippen molar-refractivity contribution >= 4 is 50.9 Å². The molecule has 0 radical (unpaired) electrons. The van der Waals surface area contributed by atoms with Gasteiger partial charge in [-0.25, -0.2) is 4.79 Å². The first-order valence-electron chi connectivity index (χ1n) is 10.9. The number of aromatic nitrogens is 1. The summed E-state index contributed by atoms with van der Waals surface area (Å²) in [7, 11) is 0. The zero-order valence-corrected chi connectivity index (χ0v) is 19.0. The molecule has 1 saturated heterocycles. The molecule has 1 aliphatic rings. The number of anilines is 1. The van der Waals surface area contributed by atoms with E-state index in [1.807, 2.05) is 61.5 Å². The summed E-state index contributed by atoms with van der Waals surface area (Å²) in [5.74, 6) is -0.0603. The fourth-order valence-corrected chi connectivity index (χ4v) is 4.43. The molecule has 1 fully saturated rings. The molecular weight excluding hydrogens is 436 g/mol. The van der Waals surface area contributed by atoms with Crippen LogP contribution in [0.3, 0.4) is 0 Å². The molecule has 3 amide bonds. The Morgan fingerprint density at radius 2 is 1.64 bits per heavy atom. The van der Waals surface area contributed by atoms with Gasteiger partial charge in [0, 0.05) is 48.5 Å². The van der Waals surface area contributed by atoms with E-state index in [1.54, 1.807) is 22.1 Å². The van der Waals surface area contributed by atoms with Crippen LogP contribution in [0.5, 0.6) is 0 Å². The van der Waals surface area contributed by atoms with Gasteiger partial charge in [-0.05, 0) is 47.5 Å². The van der Waals surface area contributed by atoms with Crippen molar-refractivity contribution in [1.82, 2.24) is 14.8 Å². The number of benzene rings is 3. The maximum Gasteiger partial charge on any atom is 0.321 e. The number of fused-ring (bicyclic) bond motifs is 3. The van der Waals surface area contributed by atoms with Crippen molar-refractivity contribution in [3.8, 4) is 0 Å². The number of urea groups is 1. The van der Waals surface area contributed by atoms with Crippen molar-refractivity contribution in [3.63, 3.8) is 0 Å². The second-order valence-electron chi connectivity index (χ2n) is 8.22. The number of amides is 3. The molecule has 0 spiro atoms. The van der Waals surface area contributed by atoms with Crippen LogP contribution in [0, 0.1) is 6.92 Å². The lowest BCUT2D eigenvalue weighted by molar-refractivity contribution is 0.0673. The summed E-state index contributed by atoms with van der Waals surface area (Å²) < 4.78 is 0. The number of rotatable bonds is 2. The van der Waals surface area contributed by atoms with E-state index in [0.29, 0.717) is 48.0 Å². The number of nitrogens with one attached hydrogen (secondary N) is 1. The standard InChI is InChI=1S/C26H23ClN4O2/c1-17-8-9-19(16-23(17)27)29-26(33)31-13-11-30(12-14-31)25(32)22-15-18-5-2-3-6-20(18)21-7-4-10-28-24(21)22/h2-10,15-16H,11-14H2,1H3,(H,29,33). The minimum Gasteiger partial charge on any atom is -0.335 e. The minimum absolute atomic E-state index is 0.0603. The highest BCUT2D eigenvalue weighted by Crippen LogP contribution is 2.28. The van der Waals surface area contributed by atoms with Gasteiger partial charge in [0.2, 0.25) is 0 Å². The first-order chi connectivity index (χ1) is 16.0. The topological polar surface area (TPSA) is 65.5 Å². The van der Waals surface area contributed by atoms with Crippen LogP contribution < -0.4 is 5.32 Å². The lowest BCUT2D eigenvalue weighted by Gasteiger charge is -2.35. The van der Waals surface area contributed by atoms with Crippen LogP contribution in [0.4, 0.5) is 10.5 Å². The number of carbonyl (C=O) groups excluding carboxylic acids is 2. The molecule has 166 valence electrons. The Morgan fingerprint density at radius 3 is 2.42 bits per heavy atom. The Kier molecular flexibility index (Phi) is 5.60. The summed E-state index contributed by atoms with van der Waals surface area (Å²) in [5.41, 5.74) is 2.91. The summed E-state index contributed by atoms with van der Waals surface area (Å²) in [5, 5.41) is 6.55. The molecule has 7 heteroatoms. The molecule has 0 aliphatic carbocycles. The highest BCUT2D eigenvalue weighted by atomic mass is 35.5. The summed E-state index contributed by atoms with van der Waals surface area (Å²) in [6.07, 6.45) is 1.72. The van der Waals surface area contributed by atoms with Gasteiger partial charge >= 0.3 is 6.03 Å². The molecule has 1 aliphatic heterocycles. The molecule has 0 atom stereocenters. The summed E-state index contributed by atoms with van der Waals surface area (Å²) in [4.78, 5) is 34.2. The Morgan fingerprint density at radius 1 is 0.909 bits per heavy atom. The van der Waals surface area contributed by atoms with Gasteiger partial charge in [-0.3, -0.25) is 9.78 Å². The number of piperazine rings is 1. The summed E-state index contributed by atoms with van der Waals surface area (Å²) >= 11 is 6.16. The molecule has 3 aromatic carbocycles. The Bertz CT molecular complexity index is 1380. The number of hydrogen-bond donors (Lipinski definition) is 1.